The van der Waals surface area contributed by atoms with E-state index in [1.807, 2.05) is 66.7 Å². The Bertz CT molecular complexity index is 4430. The smallest absolute Gasteiger partial charge is 0.195 e. The molecule has 0 spiro atoms. The van der Waals surface area contributed by atoms with Crippen molar-refractivity contribution < 1.29 is 0 Å². The Kier molecular flexibility index (Phi) is 11.1. The van der Waals surface area contributed by atoms with Crippen molar-refractivity contribution in [2.75, 3.05) is 0 Å². The zero-order chi connectivity index (χ0) is 51.8. The molecule has 6 heteroatoms. The van der Waals surface area contributed by atoms with E-state index in [0.29, 0.717) is 23.2 Å². The fraction of sp³-hybridized carbons (Fsp3) is 0.0857. The van der Waals surface area contributed by atoms with Crippen molar-refractivity contribution in [3.05, 3.63) is 251 Å². The predicted octanol–water partition coefficient (Wildman–Crippen LogP) is 18.5. The molecule has 0 aliphatic heterocycles. The van der Waals surface area contributed by atoms with Gasteiger partial charge in [0.15, 0.2) is 23.2 Å². The monoisotopic (exact) mass is 976 g/mol. The van der Waals surface area contributed by atoms with E-state index in [4.69, 9.17) is 21.5 Å². The number of hydrogen-bond donors (Lipinski definition) is 0. The Balaban J connectivity index is 1.07. The number of aryl methyl sites for hydroxylation is 6. The summed E-state index contributed by atoms with van der Waals surface area (Å²) < 4.78 is 4.73. The molecular weight excluding hydrogens is 925 g/mol. The van der Waals surface area contributed by atoms with Crippen LogP contribution in [0, 0.1) is 48.1 Å². The van der Waals surface area contributed by atoms with Crippen molar-refractivity contribution >= 4 is 49.3 Å². The summed E-state index contributed by atoms with van der Waals surface area (Å²) in [5.41, 5.74) is 23.5. The molecule has 0 radical (unpaired) electrons. The van der Waals surface area contributed by atoms with Crippen LogP contribution in [0.1, 0.15) is 33.4 Å². The van der Waals surface area contributed by atoms with Gasteiger partial charge in [-0.15, -0.1) is 0 Å². The summed E-state index contributed by atoms with van der Waals surface area (Å²) in [4.78, 5) is 19.7. The number of para-hydroxylation sites is 2. The highest BCUT2D eigenvalue weighted by Gasteiger charge is 2.23. The molecular formula is C70H52N6. The van der Waals surface area contributed by atoms with Gasteiger partial charge in [-0.05, 0) is 164 Å². The van der Waals surface area contributed by atoms with Gasteiger partial charge in [-0.3, -0.25) is 0 Å². The van der Waals surface area contributed by atoms with Crippen LogP contribution >= 0.6 is 0 Å². The summed E-state index contributed by atoms with van der Waals surface area (Å²) in [5.74, 6) is 1.70. The molecule has 362 valence electrons. The molecule has 3 aromatic heterocycles. The third-order valence-corrected chi connectivity index (χ3v) is 15.1. The second-order valence-electron chi connectivity index (χ2n) is 20.3. The Hall–Kier alpha value is -9.70. The van der Waals surface area contributed by atoms with E-state index in [1.54, 1.807) is 0 Å². The summed E-state index contributed by atoms with van der Waals surface area (Å²) in [5, 5.41) is 4.64. The van der Waals surface area contributed by atoms with Gasteiger partial charge in [0.1, 0.15) is 0 Å². The quantitative estimate of drug-likeness (QED) is 0.143. The number of hydrogen-bond acceptors (Lipinski definition) is 3. The maximum absolute atomic E-state index is 8.80. The highest BCUT2D eigenvalue weighted by Crippen LogP contribution is 2.45. The summed E-state index contributed by atoms with van der Waals surface area (Å²) in [6.45, 7) is 22.0. The molecule has 0 N–H and O–H groups in total. The third kappa shape index (κ3) is 7.75. The van der Waals surface area contributed by atoms with Crippen LogP contribution in [0.15, 0.2) is 206 Å². The van der Waals surface area contributed by atoms with Crippen LogP contribution in [0.3, 0.4) is 0 Å². The van der Waals surface area contributed by atoms with Crippen LogP contribution in [-0.2, 0) is 0 Å². The molecule has 0 saturated heterocycles. The lowest BCUT2D eigenvalue weighted by Crippen LogP contribution is -2.02. The van der Waals surface area contributed by atoms with Gasteiger partial charge in [-0.1, -0.05) is 151 Å². The highest BCUT2D eigenvalue weighted by atomic mass is 15.0. The first-order valence-electron chi connectivity index (χ1n) is 25.9. The molecule has 10 aromatic carbocycles. The first-order valence-corrected chi connectivity index (χ1v) is 25.9. The molecule has 0 bridgehead atoms. The molecule has 0 amide bonds. The SMILES string of the molecule is [C-]#[N+]c1ccc(-n2c3ccccc3c3cc(-c4c(C)cc(C)cc4C)ccc32)cc1-c1cc(-c2nc(-c3ccccc3)nc(-c3ccccc3)n2)ccc1-n1c2ccccc2c2cc(-c3c(C)cc(C)cc3C)ccc21. The molecule has 0 aliphatic carbocycles. The van der Waals surface area contributed by atoms with Gasteiger partial charge >= 0.3 is 0 Å². The minimum Gasteiger partial charge on any atom is -0.309 e. The largest absolute Gasteiger partial charge is 0.309 e. The molecule has 13 aromatic rings. The summed E-state index contributed by atoms with van der Waals surface area (Å²) in [6.07, 6.45) is 0. The van der Waals surface area contributed by atoms with Gasteiger partial charge in [-0.2, -0.15) is 0 Å². The minimum atomic E-state index is 0.536. The second kappa shape index (κ2) is 18.3. The van der Waals surface area contributed by atoms with Crippen molar-refractivity contribution in [1.82, 2.24) is 24.1 Å². The average molecular weight is 977 g/mol. The Morgan fingerprint density at radius 2 is 0.776 bits per heavy atom. The van der Waals surface area contributed by atoms with Gasteiger partial charge in [0.05, 0.1) is 34.3 Å². The number of aromatic nitrogens is 5. The molecule has 76 heavy (non-hydrogen) atoms. The first-order chi connectivity index (χ1) is 37.1. The van der Waals surface area contributed by atoms with Crippen LogP contribution < -0.4 is 0 Å². The van der Waals surface area contributed by atoms with E-state index in [1.165, 1.54) is 66.4 Å². The van der Waals surface area contributed by atoms with E-state index in [0.717, 1.165) is 72.0 Å². The zero-order valence-electron chi connectivity index (χ0n) is 43.3. The van der Waals surface area contributed by atoms with E-state index in [-0.39, 0.29) is 0 Å². The number of rotatable bonds is 8. The normalized spacial score (nSPS) is 11.5. The molecule has 0 fully saturated rings. The van der Waals surface area contributed by atoms with Crippen molar-refractivity contribution in [1.29, 1.82) is 0 Å². The highest BCUT2D eigenvalue weighted by molar-refractivity contribution is 6.12. The average Bonchev–Trinajstić information content (AvgIpc) is 4.04. The summed E-state index contributed by atoms with van der Waals surface area (Å²) >= 11 is 0. The minimum absolute atomic E-state index is 0.536. The van der Waals surface area contributed by atoms with Crippen LogP contribution in [0.2, 0.25) is 0 Å². The van der Waals surface area contributed by atoms with Crippen LogP contribution in [0.5, 0.6) is 0 Å². The molecule has 0 atom stereocenters. The summed E-state index contributed by atoms with van der Waals surface area (Å²) in [7, 11) is 0. The van der Waals surface area contributed by atoms with Crippen molar-refractivity contribution in [2.45, 2.75) is 41.5 Å². The lowest BCUT2D eigenvalue weighted by Gasteiger charge is -2.19. The standard InChI is InChI=1S/C70H52N6/c1-42-34-44(3)66(45(4)35-42)50-26-31-63-57(38-50)54-22-14-16-24-61(54)75(63)53-29-30-60(71-7)56(41-53)59-40-52(70-73-68(48-18-10-8-11-19-48)72-69(74-70)49-20-12-9-13-21-49)28-33-65(59)76-62-25-17-15-23-55(62)58-39-51(27-32-64(58)76)67-46(5)36-43(2)37-47(67)6/h8-41H,1-6H3. The van der Waals surface area contributed by atoms with Crippen LogP contribution in [0.25, 0.3) is 127 Å². The van der Waals surface area contributed by atoms with Gasteiger partial charge < -0.3 is 9.13 Å². The Morgan fingerprint density at radius 3 is 1.29 bits per heavy atom. The molecule has 6 nitrogen and oxygen atoms in total. The lowest BCUT2D eigenvalue weighted by molar-refractivity contribution is 1.07. The van der Waals surface area contributed by atoms with Crippen molar-refractivity contribution in [2.24, 2.45) is 0 Å². The Labute approximate surface area is 442 Å². The Morgan fingerprint density at radius 1 is 0.342 bits per heavy atom. The number of nitrogens with zero attached hydrogens (tertiary/aromatic N) is 6. The number of benzene rings is 10. The number of fused-ring (bicyclic) bond motifs is 6. The predicted molar refractivity (Wildman–Crippen MR) is 316 cm³/mol. The van der Waals surface area contributed by atoms with E-state index < -0.39 is 0 Å². The van der Waals surface area contributed by atoms with Crippen molar-refractivity contribution in [3.8, 4) is 78.9 Å². The fourth-order valence-corrected chi connectivity index (χ4v) is 12.1. The maximum Gasteiger partial charge on any atom is 0.195 e. The van der Waals surface area contributed by atoms with Crippen molar-refractivity contribution in [3.63, 3.8) is 0 Å². The second-order valence-corrected chi connectivity index (χ2v) is 20.3. The van der Waals surface area contributed by atoms with Crippen LogP contribution in [0.4, 0.5) is 5.69 Å². The zero-order valence-corrected chi connectivity index (χ0v) is 43.3. The first kappa shape index (κ1) is 46.1. The topological polar surface area (TPSA) is 52.9 Å². The van der Waals surface area contributed by atoms with Gasteiger partial charge in [0.2, 0.25) is 0 Å². The molecule has 0 aliphatic rings. The molecule has 3 heterocycles. The third-order valence-electron chi connectivity index (χ3n) is 15.1. The van der Waals surface area contributed by atoms with E-state index in [2.05, 4.69) is 195 Å². The molecule has 0 saturated carbocycles. The molecule has 13 rings (SSSR count). The van der Waals surface area contributed by atoms with E-state index in [9.17, 15) is 0 Å². The molecule has 0 unspecified atom stereocenters. The summed E-state index contributed by atoms with van der Waals surface area (Å²) in [6, 6.07) is 73.1. The lowest BCUT2D eigenvalue weighted by atomic mass is 9.93. The van der Waals surface area contributed by atoms with Gasteiger partial charge in [0.25, 0.3) is 0 Å². The van der Waals surface area contributed by atoms with Crippen LogP contribution in [-0.4, -0.2) is 24.1 Å². The van der Waals surface area contributed by atoms with Gasteiger partial charge in [-0.25, -0.2) is 19.8 Å². The van der Waals surface area contributed by atoms with Gasteiger partial charge in [0, 0.05) is 43.9 Å². The maximum atomic E-state index is 8.80. The van der Waals surface area contributed by atoms with E-state index >= 15 is 0 Å². The fourth-order valence-electron chi connectivity index (χ4n) is 12.1.